The number of nitrogens with zero attached hydrogens (tertiary/aromatic N) is 1. The van der Waals surface area contributed by atoms with E-state index in [-0.39, 0.29) is 10.7 Å². The van der Waals surface area contributed by atoms with Crippen LogP contribution in [0.3, 0.4) is 0 Å². The van der Waals surface area contributed by atoms with Crippen molar-refractivity contribution in [2.75, 3.05) is 10.7 Å². The van der Waals surface area contributed by atoms with Gasteiger partial charge in [0, 0.05) is 5.69 Å². The maximum absolute atomic E-state index is 13.6. The highest BCUT2D eigenvalue weighted by molar-refractivity contribution is 6.08. The van der Waals surface area contributed by atoms with E-state index < -0.39 is 34.6 Å². The molecule has 0 unspecified atom stereocenters. The van der Waals surface area contributed by atoms with E-state index in [0.717, 1.165) is 24.3 Å². The van der Waals surface area contributed by atoms with E-state index in [1.165, 1.54) is 12.1 Å². The van der Waals surface area contributed by atoms with Crippen molar-refractivity contribution < 1.29 is 18.0 Å². The molecule has 104 valence electrons. The van der Waals surface area contributed by atoms with Gasteiger partial charge in [0.2, 0.25) is 0 Å². The normalized spacial score (nSPS) is 10.4. The summed E-state index contributed by atoms with van der Waals surface area (Å²) in [5.41, 5.74) is 3.98. The molecular formula is C13H10F3N3O. The van der Waals surface area contributed by atoms with Crippen LogP contribution in [0.15, 0.2) is 36.4 Å². The lowest BCUT2D eigenvalue weighted by Crippen LogP contribution is -2.39. The smallest absolute Gasteiger partial charge is 0.277 e. The molecule has 0 bridgehead atoms. The maximum atomic E-state index is 13.6. The van der Waals surface area contributed by atoms with Gasteiger partial charge in [0.1, 0.15) is 11.5 Å². The molecule has 20 heavy (non-hydrogen) atoms. The lowest BCUT2D eigenvalue weighted by Gasteiger charge is -2.19. The largest absolute Gasteiger partial charge is 0.398 e. The third-order valence-corrected chi connectivity index (χ3v) is 2.66. The summed E-state index contributed by atoms with van der Waals surface area (Å²) < 4.78 is 40.7. The molecule has 2 rings (SSSR count). The van der Waals surface area contributed by atoms with Crippen molar-refractivity contribution in [3.05, 3.63) is 59.4 Å². The van der Waals surface area contributed by atoms with Gasteiger partial charge in [-0.3, -0.25) is 4.79 Å². The Hall–Kier alpha value is -2.54. The fourth-order valence-electron chi connectivity index (χ4n) is 1.71. The Morgan fingerprint density at radius 1 is 0.950 bits per heavy atom. The molecule has 4 N–H and O–H groups in total. The first-order chi connectivity index (χ1) is 9.43. The quantitative estimate of drug-likeness (QED) is 0.383. The first-order valence-corrected chi connectivity index (χ1v) is 5.50. The van der Waals surface area contributed by atoms with Crippen molar-refractivity contribution in [1.29, 1.82) is 0 Å². The Balaban J connectivity index is 2.49. The van der Waals surface area contributed by atoms with Crippen LogP contribution in [-0.2, 0) is 0 Å². The van der Waals surface area contributed by atoms with Crippen LogP contribution < -0.4 is 16.6 Å². The number of anilines is 2. The molecule has 0 fully saturated rings. The molecule has 0 spiro atoms. The Bertz CT molecular complexity index is 635. The molecule has 0 aliphatic carbocycles. The number of benzene rings is 2. The minimum Gasteiger partial charge on any atom is -0.398 e. The molecule has 0 aliphatic heterocycles. The standard InChI is InChI=1S/C13H10F3N3O/c14-7-3-2-6-10(17)11(7)13(20)19(18)12-8(15)4-1-5-9(12)16/h1-6H,17-18H2. The average molecular weight is 281 g/mol. The van der Waals surface area contributed by atoms with Crippen LogP contribution in [-0.4, -0.2) is 5.91 Å². The van der Waals surface area contributed by atoms with E-state index in [2.05, 4.69) is 0 Å². The zero-order valence-corrected chi connectivity index (χ0v) is 10.1. The number of hydrazine groups is 1. The van der Waals surface area contributed by atoms with Crippen LogP contribution in [0.1, 0.15) is 10.4 Å². The summed E-state index contributed by atoms with van der Waals surface area (Å²) in [5, 5.41) is 0.194. The van der Waals surface area contributed by atoms with E-state index in [9.17, 15) is 18.0 Å². The predicted octanol–water partition coefficient (Wildman–Crippen LogP) is 2.21. The van der Waals surface area contributed by atoms with Gasteiger partial charge in [0.15, 0.2) is 11.6 Å². The van der Waals surface area contributed by atoms with Crippen molar-refractivity contribution in [2.45, 2.75) is 0 Å². The Morgan fingerprint density at radius 2 is 1.45 bits per heavy atom. The van der Waals surface area contributed by atoms with Gasteiger partial charge in [0.05, 0.1) is 5.56 Å². The summed E-state index contributed by atoms with van der Waals surface area (Å²) in [5.74, 6) is 1.22. The van der Waals surface area contributed by atoms with E-state index in [1.54, 1.807) is 0 Å². The third-order valence-electron chi connectivity index (χ3n) is 2.66. The molecule has 0 heterocycles. The first-order valence-electron chi connectivity index (χ1n) is 5.50. The first kappa shape index (κ1) is 13.9. The second kappa shape index (κ2) is 5.22. The number of halogens is 3. The molecule has 7 heteroatoms. The molecule has 0 aromatic heterocycles. The van der Waals surface area contributed by atoms with Crippen molar-refractivity contribution >= 4 is 17.3 Å². The van der Waals surface area contributed by atoms with Gasteiger partial charge in [-0.1, -0.05) is 12.1 Å². The van der Waals surface area contributed by atoms with E-state index in [1.807, 2.05) is 0 Å². The number of nitrogen functional groups attached to an aromatic ring is 1. The van der Waals surface area contributed by atoms with Crippen molar-refractivity contribution in [2.24, 2.45) is 5.84 Å². The summed E-state index contributed by atoms with van der Waals surface area (Å²) >= 11 is 0. The van der Waals surface area contributed by atoms with Gasteiger partial charge in [-0.05, 0) is 24.3 Å². The molecule has 4 nitrogen and oxygen atoms in total. The Morgan fingerprint density at radius 3 is 2.00 bits per heavy atom. The summed E-state index contributed by atoms with van der Waals surface area (Å²) in [6.45, 7) is 0. The summed E-state index contributed by atoms with van der Waals surface area (Å²) in [6, 6.07) is 6.54. The minimum atomic E-state index is -1.15. The number of rotatable bonds is 2. The van der Waals surface area contributed by atoms with Gasteiger partial charge < -0.3 is 5.73 Å². The zero-order valence-electron chi connectivity index (χ0n) is 10.1. The maximum Gasteiger partial charge on any atom is 0.277 e. The summed E-state index contributed by atoms with van der Waals surface area (Å²) in [7, 11) is 0. The molecule has 1 amide bonds. The Kier molecular flexibility index (Phi) is 3.62. The number of hydrogen-bond acceptors (Lipinski definition) is 3. The predicted molar refractivity (Wildman–Crippen MR) is 68.2 cm³/mol. The molecule has 0 atom stereocenters. The van der Waals surface area contributed by atoms with Gasteiger partial charge in [-0.2, -0.15) is 0 Å². The third kappa shape index (κ3) is 2.30. The molecule has 0 aliphatic rings. The monoisotopic (exact) mass is 281 g/mol. The fourth-order valence-corrected chi connectivity index (χ4v) is 1.71. The number of hydrogen-bond donors (Lipinski definition) is 2. The number of carbonyl (C=O) groups is 1. The summed E-state index contributed by atoms with van der Waals surface area (Å²) in [4.78, 5) is 12.0. The van der Waals surface area contributed by atoms with Crippen LogP contribution in [0.5, 0.6) is 0 Å². The van der Waals surface area contributed by atoms with Crippen molar-refractivity contribution in [1.82, 2.24) is 0 Å². The van der Waals surface area contributed by atoms with Gasteiger partial charge >= 0.3 is 0 Å². The van der Waals surface area contributed by atoms with E-state index in [0.29, 0.717) is 0 Å². The molecular weight excluding hydrogens is 271 g/mol. The van der Waals surface area contributed by atoms with Crippen molar-refractivity contribution in [3.63, 3.8) is 0 Å². The second-order valence-electron chi connectivity index (χ2n) is 3.95. The van der Waals surface area contributed by atoms with Gasteiger partial charge in [0.25, 0.3) is 5.91 Å². The zero-order chi connectivity index (χ0) is 14.9. The molecule has 0 saturated heterocycles. The highest BCUT2D eigenvalue weighted by Gasteiger charge is 2.25. The van der Waals surface area contributed by atoms with Gasteiger partial charge in [-0.25, -0.2) is 24.0 Å². The molecule has 0 saturated carbocycles. The molecule has 2 aromatic rings. The topological polar surface area (TPSA) is 72.4 Å². The number of amides is 1. The van der Waals surface area contributed by atoms with Crippen LogP contribution in [0.2, 0.25) is 0 Å². The number of carbonyl (C=O) groups excluding carboxylic acids is 1. The number of para-hydroxylation sites is 1. The molecule has 0 radical (unpaired) electrons. The second-order valence-corrected chi connectivity index (χ2v) is 3.95. The fraction of sp³-hybridized carbons (Fsp3) is 0. The van der Waals surface area contributed by atoms with Crippen LogP contribution >= 0.6 is 0 Å². The lowest BCUT2D eigenvalue weighted by atomic mass is 10.1. The van der Waals surface area contributed by atoms with Crippen LogP contribution in [0.4, 0.5) is 24.5 Å². The SMILES string of the molecule is Nc1cccc(F)c1C(=O)N(N)c1c(F)cccc1F. The van der Waals surface area contributed by atoms with Crippen molar-refractivity contribution in [3.8, 4) is 0 Å². The highest BCUT2D eigenvalue weighted by Crippen LogP contribution is 2.24. The van der Waals surface area contributed by atoms with Crippen LogP contribution in [0.25, 0.3) is 0 Å². The van der Waals surface area contributed by atoms with Gasteiger partial charge in [-0.15, -0.1) is 0 Å². The Labute approximate surface area is 112 Å². The minimum absolute atomic E-state index is 0.179. The summed E-state index contributed by atoms with van der Waals surface area (Å²) in [6.07, 6.45) is 0. The van der Waals surface area contributed by atoms with Crippen LogP contribution in [0, 0.1) is 17.5 Å². The highest BCUT2D eigenvalue weighted by atomic mass is 19.1. The number of nitrogens with two attached hydrogens (primary N) is 2. The molecule has 2 aromatic carbocycles. The average Bonchev–Trinajstić information content (AvgIpc) is 2.37. The van der Waals surface area contributed by atoms with E-state index >= 15 is 0 Å². The van der Waals surface area contributed by atoms with E-state index in [4.69, 9.17) is 11.6 Å². The lowest BCUT2D eigenvalue weighted by molar-refractivity contribution is 0.0982.